The minimum Gasteiger partial charge on any atom is -0.479 e. The molecule has 0 saturated carbocycles. The Morgan fingerprint density at radius 2 is 1.89 bits per heavy atom. The molecule has 0 bridgehead atoms. The van der Waals surface area contributed by atoms with Crippen molar-refractivity contribution in [3.63, 3.8) is 0 Å². The van der Waals surface area contributed by atoms with Gasteiger partial charge in [-0.1, -0.05) is 32.9 Å². The summed E-state index contributed by atoms with van der Waals surface area (Å²) in [7, 11) is 0. The molecular formula is C16H24N2O. The Bertz CT molecular complexity index is 412. The van der Waals surface area contributed by atoms with Crippen LogP contribution in [0.15, 0.2) is 24.3 Å². The summed E-state index contributed by atoms with van der Waals surface area (Å²) >= 11 is 0. The van der Waals surface area contributed by atoms with Crippen LogP contribution in [0.3, 0.4) is 0 Å². The van der Waals surface area contributed by atoms with Crippen LogP contribution in [-0.2, 0) is 0 Å². The van der Waals surface area contributed by atoms with Crippen molar-refractivity contribution in [2.24, 2.45) is 5.41 Å². The molecule has 0 aliphatic carbocycles. The highest BCUT2D eigenvalue weighted by atomic mass is 16.5. The maximum absolute atomic E-state index is 8.45. The molecule has 1 unspecified atom stereocenters. The van der Waals surface area contributed by atoms with Gasteiger partial charge in [0.05, 0.1) is 0 Å². The Morgan fingerprint density at radius 3 is 2.42 bits per heavy atom. The summed E-state index contributed by atoms with van der Waals surface area (Å²) in [6.45, 7) is 10.0. The molecule has 0 aliphatic heterocycles. The molecule has 3 nitrogen and oxygen atoms in total. The number of nitrogens with one attached hydrogen (secondary N) is 1. The van der Waals surface area contributed by atoms with E-state index in [0.29, 0.717) is 11.5 Å². The van der Waals surface area contributed by atoms with E-state index in [9.17, 15) is 0 Å². The molecule has 104 valence electrons. The second-order valence-corrected chi connectivity index (χ2v) is 6.00. The molecule has 0 heterocycles. The lowest BCUT2D eigenvalue weighted by molar-refractivity contribution is 0.357. The Balaban J connectivity index is 2.44. The first-order chi connectivity index (χ1) is 8.92. The normalized spacial score (nSPS) is 12.8. The smallest absolute Gasteiger partial charge is 0.174 e. The molecule has 0 spiro atoms. The predicted molar refractivity (Wildman–Crippen MR) is 78.0 cm³/mol. The molecule has 1 aromatic carbocycles. The van der Waals surface area contributed by atoms with Gasteiger partial charge >= 0.3 is 0 Å². The SMILES string of the molecule is CC(NCCC(C)(C)C)c1ccc(OCC#N)cc1. The van der Waals surface area contributed by atoms with Crippen molar-refractivity contribution in [2.75, 3.05) is 13.2 Å². The van der Waals surface area contributed by atoms with E-state index in [2.05, 4.69) is 33.0 Å². The summed E-state index contributed by atoms with van der Waals surface area (Å²) in [6.07, 6.45) is 1.15. The molecule has 0 aliphatic rings. The van der Waals surface area contributed by atoms with E-state index >= 15 is 0 Å². The van der Waals surface area contributed by atoms with Crippen molar-refractivity contribution in [2.45, 2.75) is 40.2 Å². The van der Waals surface area contributed by atoms with Gasteiger partial charge in [-0.15, -0.1) is 0 Å². The Kier molecular flexibility index (Phi) is 5.85. The number of hydrogen-bond acceptors (Lipinski definition) is 3. The first-order valence-corrected chi connectivity index (χ1v) is 6.75. The number of benzene rings is 1. The topological polar surface area (TPSA) is 45.0 Å². The van der Waals surface area contributed by atoms with Crippen molar-refractivity contribution >= 4 is 0 Å². The lowest BCUT2D eigenvalue weighted by Gasteiger charge is -2.21. The van der Waals surface area contributed by atoms with E-state index in [0.717, 1.165) is 18.7 Å². The molecule has 0 amide bonds. The number of ether oxygens (including phenoxy) is 1. The van der Waals surface area contributed by atoms with E-state index < -0.39 is 0 Å². The first kappa shape index (κ1) is 15.5. The van der Waals surface area contributed by atoms with Crippen LogP contribution >= 0.6 is 0 Å². The van der Waals surface area contributed by atoms with Crippen LogP contribution < -0.4 is 10.1 Å². The standard InChI is InChI=1S/C16H24N2O/c1-13(18-11-9-16(2,3)4)14-5-7-15(8-6-14)19-12-10-17/h5-8,13,18H,9,11-12H2,1-4H3. The minimum atomic E-state index is 0.0960. The highest BCUT2D eigenvalue weighted by molar-refractivity contribution is 5.29. The lowest BCUT2D eigenvalue weighted by atomic mass is 9.92. The van der Waals surface area contributed by atoms with Crippen LogP contribution in [0.1, 0.15) is 45.7 Å². The fraction of sp³-hybridized carbons (Fsp3) is 0.562. The zero-order valence-electron chi connectivity index (χ0n) is 12.4. The van der Waals surface area contributed by atoms with Gasteiger partial charge in [0, 0.05) is 6.04 Å². The third-order valence-electron chi connectivity index (χ3n) is 3.01. The van der Waals surface area contributed by atoms with Crippen LogP contribution in [0, 0.1) is 16.7 Å². The molecule has 0 aromatic heterocycles. The van der Waals surface area contributed by atoms with Crippen LogP contribution in [-0.4, -0.2) is 13.2 Å². The van der Waals surface area contributed by atoms with E-state index in [-0.39, 0.29) is 6.61 Å². The predicted octanol–water partition coefficient (Wildman–Crippen LogP) is 3.68. The number of nitrogens with zero attached hydrogens (tertiary/aromatic N) is 1. The summed E-state index contributed by atoms with van der Waals surface area (Å²) in [4.78, 5) is 0. The van der Waals surface area contributed by atoms with E-state index in [1.807, 2.05) is 30.3 Å². The second kappa shape index (κ2) is 7.16. The van der Waals surface area contributed by atoms with Gasteiger partial charge in [-0.25, -0.2) is 0 Å². The molecule has 0 fully saturated rings. The first-order valence-electron chi connectivity index (χ1n) is 6.75. The summed E-state index contributed by atoms with van der Waals surface area (Å²) in [6, 6.07) is 10.2. The van der Waals surface area contributed by atoms with Gasteiger partial charge in [0.1, 0.15) is 11.8 Å². The van der Waals surface area contributed by atoms with Crippen LogP contribution in [0.25, 0.3) is 0 Å². The molecule has 1 rings (SSSR count). The fourth-order valence-electron chi connectivity index (χ4n) is 1.75. The quantitative estimate of drug-likeness (QED) is 0.848. The lowest BCUT2D eigenvalue weighted by Crippen LogP contribution is -2.23. The van der Waals surface area contributed by atoms with Gasteiger partial charge in [0.15, 0.2) is 6.61 Å². The van der Waals surface area contributed by atoms with Crippen LogP contribution in [0.2, 0.25) is 0 Å². The van der Waals surface area contributed by atoms with Crippen molar-refractivity contribution in [3.05, 3.63) is 29.8 Å². The number of rotatable bonds is 6. The van der Waals surface area contributed by atoms with E-state index in [4.69, 9.17) is 10.00 Å². The maximum Gasteiger partial charge on any atom is 0.174 e. The largest absolute Gasteiger partial charge is 0.479 e. The highest BCUT2D eigenvalue weighted by Gasteiger charge is 2.11. The summed E-state index contributed by atoms with van der Waals surface area (Å²) in [5.74, 6) is 0.743. The number of hydrogen-bond donors (Lipinski definition) is 1. The van der Waals surface area contributed by atoms with E-state index in [1.165, 1.54) is 5.56 Å². The van der Waals surface area contributed by atoms with Crippen LogP contribution in [0.4, 0.5) is 0 Å². The van der Waals surface area contributed by atoms with Crippen molar-refractivity contribution in [1.29, 1.82) is 5.26 Å². The molecule has 1 N–H and O–H groups in total. The number of nitriles is 1. The Morgan fingerprint density at radius 1 is 1.26 bits per heavy atom. The molecule has 0 radical (unpaired) electrons. The van der Waals surface area contributed by atoms with Gasteiger partial charge in [-0.2, -0.15) is 5.26 Å². The molecular weight excluding hydrogens is 236 g/mol. The van der Waals surface area contributed by atoms with Gasteiger partial charge in [-0.3, -0.25) is 0 Å². The summed E-state index contributed by atoms with van der Waals surface area (Å²) in [5, 5.41) is 12.0. The zero-order valence-corrected chi connectivity index (χ0v) is 12.4. The summed E-state index contributed by atoms with van der Waals surface area (Å²) in [5.41, 5.74) is 1.60. The van der Waals surface area contributed by atoms with Gasteiger partial charge in [0.2, 0.25) is 0 Å². The molecule has 1 aromatic rings. The van der Waals surface area contributed by atoms with Gasteiger partial charge in [0.25, 0.3) is 0 Å². The third-order valence-corrected chi connectivity index (χ3v) is 3.01. The van der Waals surface area contributed by atoms with Crippen LogP contribution in [0.5, 0.6) is 5.75 Å². The third kappa shape index (κ3) is 6.26. The molecule has 0 saturated heterocycles. The monoisotopic (exact) mass is 260 g/mol. The van der Waals surface area contributed by atoms with Gasteiger partial charge < -0.3 is 10.1 Å². The molecule has 19 heavy (non-hydrogen) atoms. The molecule has 1 atom stereocenters. The minimum absolute atomic E-state index is 0.0960. The average Bonchev–Trinajstić information content (AvgIpc) is 2.35. The Labute approximate surface area is 116 Å². The van der Waals surface area contributed by atoms with Crippen molar-refractivity contribution < 1.29 is 4.74 Å². The average molecular weight is 260 g/mol. The van der Waals surface area contributed by atoms with Crippen molar-refractivity contribution in [3.8, 4) is 11.8 Å². The summed E-state index contributed by atoms with van der Waals surface area (Å²) < 4.78 is 5.23. The maximum atomic E-state index is 8.45. The zero-order chi connectivity index (χ0) is 14.3. The van der Waals surface area contributed by atoms with Gasteiger partial charge in [-0.05, 0) is 43.0 Å². The fourth-order valence-corrected chi connectivity index (χ4v) is 1.75. The van der Waals surface area contributed by atoms with Crippen molar-refractivity contribution in [1.82, 2.24) is 5.32 Å². The Hall–Kier alpha value is -1.53. The second-order valence-electron chi connectivity index (χ2n) is 6.00. The van der Waals surface area contributed by atoms with E-state index in [1.54, 1.807) is 0 Å². The highest BCUT2D eigenvalue weighted by Crippen LogP contribution is 2.20. The molecule has 3 heteroatoms.